The SMILES string of the molecule is CCOC(=O)c1c(NC(=O)COc2ccccc2)sc(C(=O)Nc2ccccc2F)c1C. The second-order valence-corrected chi connectivity index (χ2v) is 7.59. The van der Waals surface area contributed by atoms with Crippen LogP contribution in [0.25, 0.3) is 0 Å². The minimum Gasteiger partial charge on any atom is -0.484 e. The first-order valence-corrected chi connectivity index (χ1v) is 10.6. The van der Waals surface area contributed by atoms with Crippen LogP contribution in [0, 0.1) is 12.7 Å². The number of rotatable bonds is 8. The third kappa shape index (κ3) is 5.50. The van der Waals surface area contributed by atoms with Gasteiger partial charge in [-0.1, -0.05) is 30.3 Å². The molecule has 0 aliphatic rings. The van der Waals surface area contributed by atoms with Gasteiger partial charge in [0, 0.05) is 0 Å². The van der Waals surface area contributed by atoms with Crippen molar-refractivity contribution in [1.29, 1.82) is 0 Å². The molecule has 0 unspecified atom stereocenters. The van der Waals surface area contributed by atoms with Crippen molar-refractivity contribution in [2.45, 2.75) is 13.8 Å². The Morgan fingerprint density at radius 2 is 1.69 bits per heavy atom. The molecule has 7 nitrogen and oxygen atoms in total. The van der Waals surface area contributed by atoms with Gasteiger partial charge in [0.2, 0.25) is 0 Å². The highest BCUT2D eigenvalue weighted by Gasteiger charge is 2.27. The third-order valence-corrected chi connectivity index (χ3v) is 5.53. The van der Waals surface area contributed by atoms with Crippen molar-refractivity contribution >= 4 is 39.8 Å². The van der Waals surface area contributed by atoms with Crippen molar-refractivity contribution in [2.75, 3.05) is 23.8 Å². The van der Waals surface area contributed by atoms with Crippen LogP contribution in [-0.4, -0.2) is 31.0 Å². The Bertz CT molecular complexity index is 1130. The molecule has 1 heterocycles. The Morgan fingerprint density at radius 3 is 2.38 bits per heavy atom. The summed E-state index contributed by atoms with van der Waals surface area (Å²) in [7, 11) is 0. The van der Waals surface area contributed by atoms with Crippen LogP contribution in [0.15, 0.2) is 54.6 Å². The summed E-state index contributed by atoms with van der Waals surface area (Å²) in [6, 6.07) is 14.5. The number of carbonyl (C=O) groups excluding carboxylic acids is 3. The summed E-state index contributed by atoms with van der Waals surface area (Å²) >= 11 is 0.901. The van der Waals surface area contributed by atoms with E-state index in [1.807, 2.05) is 6.07 Å². The van der Waals surface area contributed by atoms with Gasteiger partial charge in [0.25, 0.3) is 11.8 Å². The molecule has 2 N–H and O–H groups in total. The van der Waals surface area contributed by atoms with Crippen LogP contribution in [0.5, 0.6) is 5.75 Å². The highest BCUT2D eigenvalue weighted by molar-refractivity contribution is 7.18. The number of anilines is 2. The smallest absolute Gasteiger partial charge is 0.341 e. The monoisotopic (exact) mass is 456 g/mol. The largest absolute Gasteiger partial charge is 0.484 e. The van der Waals surface area contributed by atoms with Crippen molar-refractivity contribution < 1.29 is 28.2 Å². The molecule has 0 aliphatic heterocycles. The predicted octanol–water partition coefficient (Wildman–Crippen LogP) is 4.64. The van der Waals surface area contributed by atoms with Crippen molar-refractivity contribution in [3.63, 3.8) is 0 Å². The summed E-state index contributed by atoms with van der Waals surface area (Å²) in [5, 5.41) is 5.25. The molecule has 9 heteroatoms. The highest BCUT2D eigenvalue weighted by Crippen LogP contribution is 2.34. The number of esters is 1. The minimum absolute atomic E-state index is 0.00447. The zero-order chi connectivity index (χ0) is 23.1. The molecular formula is C23H21FN2O5S. The van der Waals surface area contributed by atoms with E-state index in [0.29, 0.717) is 11.3 Å². The van der Waals surface area contributed by atoms with Crippen LogP contribution in [-0.2, 0) is 9.53 Å². The molecule has 1 aromatic heterocycles. The van der Waals surface area contributed by atoms with Crippen molar-refractivity contribution in [3.8, 4) is 5.75 Å². The van der Waals surface area contributed by atoms with Gasteiger partial charge in [0.15, 0.2) is 6.61 Å². The first-order chi connectivity index (χ1) is 15.4. The van der Waals surface area contributed by atoms with E-state index in [0.717, 1.165) is 11.3 Å². The first kappa shape index (κ1) is 23.0. The molecule has 0 atom stereocenters. The van der Waals surface area contributed by atoms with E-state index < -0.39 is 23.6 Å². The second kappa shape index (κ2) is 10.5. The Morgan fingerprint density at radius 1 is 1.00 bits per heavy atom. The molecule has 0 aliphatic carbocycles. The molecule has 3 aromatic rings. The molecule has 0 bridgehead atoms. The number of nitrogens with one attached hydrogen (secondary N) is 2. The fraction of sp³-hybridized carbons (Fsp3) is 0.174. The highest BCUT2D eigenvalue weighted by atomic mass is 32.1. The van der Waals surface area contributed by atoms with Gasteiger partial charge in [-0.25, -0.2) is 9.18 Å². The summed E-state index contributed by atoms with van der Waals surface area (Å²) in [6.07, 6.45) is 0. The normalized spacial score (nSPS) is 10.3. The van der Waals surface area contributed by atoms with Crippen LogP contribution < -0.4 is 15.4 Å². The average Bonchev–Trinajstić information content (AvgIpc) is 3.10. The average molecular weight is 456 g/mol. The molecule has 0 spiro atoms. The summed E-state index contributed by atoms with van der Waals surface area (Å²) < 4.78 is 24.4. The quantitative estimate of drug-likeness (QED) is 0.482. The molecule has 0 radical (unpaired) electrons. The molecule has 3 rings (SSSR count). The fourth-order valence-corrected chi connectivity index (χ4v) is 3.94. The topological polar surface area (TPSA) is 93.7 Å². The van der Waals surface area contributed by atoms with E-state index in [9.17, 15) is 18.8 Å². The molecule has 0 saturated carbocycles. The first-order valence-electron chi connectivity index (χ1n) is 9.74. The molecule has 32 heavy (non-hydrogen) atoms. The Balaban J connectivity index is 1.82. The number of ether oxygens (including phenoxy) is 2. The number of amides is 2. The lowest BCUT2D eigenvalue weighted by atomic mass is 10.1. The standard InChI is InChI=1S/C23H21FN2O5S/c1-3-30-23(29)19-14(2)20(21(28)25-17-12-8-7-11-16(17)24)32-22(19)26-18(27)13-31-15-9-5-4-6-10-15/h4-12H,3,13H2,1-2H3,(H,25,28)(H,26,27). The molecular weight excluding hydrogens is 435 g/mol. The lowest BCUT2D eigenvalue weighted by Crippen LogP contribution is -2.21. The van der Waals surface area contributed by atoms with Crippen molar-refractivity contribution in [1.82, 2.24) is 0 Å². The van der Waals surface area contributed by atoms with Gasteiger partial charge in [-0.05, 0) is 43.7 Å². The van der Waals surface area contributed by atoms with Crippen molar-refractivity contribution in [3.05, 3.63) is 76.4 Å². The number of para-hydroxylation sites is 2. The van der Waals surface area contributed by atoms with Gasteiger partial charge in [-0.3, -0.25) is 9.59 Å². The lowest BCUT2D eigenvalue weighted by molar-refractivity contribution is -0.118. The molecule has 2 aromatic carbocycles. The summed E-state index contributed by atoms with van der Waals surface area (Å²) in [4.78, 5) is 37.8. The van der Waals surface area contributed by atoms with E-state index in [4.69, 9.17) is 9.47 Å². The number of thiophene rings is 1. The summed E-state index contributed by atoms with van der Waals surface area (Å²) in [5.41, 5.74) is 0.398. The molecule has 2 amide bonds. The van der Waals surface area contributed by atoms with Crippen LogP contribution >= 0.6 is 11.3 Å². The van der Waals surface area contributed by atoms with Crippen LogP contribution in [0.1, 0.15) is 32.5 Å². The molecule has 0 fully saturated rings. The zero-order valence-corrected chi connectivity index (χ0v) is 18.3. The fourth-order valence-electron chi connectivity index (χ4n) is 2.84. The number of halogens is 1. The van der Waals surface area contributed by atoms with Gasteiger partial charge >= 0.3 is 5.97 Å². The van der Waals surface area contributed by atoms with E-state index >= 15 is 0 Å². The van der Waals surface area contributed by atoms with Gasteiger partial charge in [-0.15, -0.1) is 11.3 Å². The van der Waals surface area contributed by atoms with E-state index in [2.05, 4.69) is 10.6 Å². The van der Waals surface area contributed by atoms with Crippen molar-refractivity contribution in [2.24, 2.45) is 0 Å². The summed E-state index contributed by atoms with van der Waals surface area (Å²) in [6.45, 7) is 3.04. The van der Waals surface area contributed by atoms with Crippen LogP contribution in [0.4, 0.5) is 15.1 Å². The molecule has 166 valence electrons. The van der Waals surface area contributed by atoms with Gasteiger partial charge in [0.05, 0.1) is 22.7 Å². The molecule has 0 saturated heterocycles. The lowest BCUT2D eigenvalue weighted by Gasteiger charge is -2.08. The Labute approximate surface area is 188 Å². The second-order valence-electron chi connectivity index (χ2n) is 6.56. The third-order valence-electron chi connectivity index (χ3n) is 4.32. The van der Waals surface area contributed by atoms with Gasteiger partial charge in [-0.2, -0.15) is 0 Å². The number of benzene rings is 2. The zero-order valence-electron chi connectivity index (χ0n) is 17.4. The number of hydrogen-bond donors (Lipinski definition) is 2. The Hall–Kier alpha value is -3.72. The number of carbonyl (C=O) groups is 3. The Kier molecular flexibility index (Phi) is 7.56. The maximum absolute atomic E-state index is 13.9. The van der Waals surface area contributed by atoms with Crippen LogP contribution in [0.3, 0.4) is 0 Å². The van der Waals surface area contributed by atoms with E-state index in [-0.39, 0.29) is 34.3 Å². The van der Waals surface area contributed by atoms with E-state index in [1.165, 1.54) is 18.2 Å². The summed E-state index contributed by atoms with van der Waals surface area (Å²) in [5.74, 6) is -1.87. The minimum atomic E-state index is -0.675. The van der Waals surface area contributed by atoms with Gasteiger partial charge < -0.3 is 20.1 Å². The van der Waals surface area contributed by atoms with E-state index in [1.54, 1.807) is 44.2 Å². The van der Waals surface area contributed by atoms with Gasteiger partial charge in [0.1, 0.15) is 16.6 Å². The predicted molar refractivity (Wildman–Crippen MR) is 120 cm³/mol. The van der Waals surface area contributed by atoms with Crippen LogP contribution in [0.2, 0.25) is 0 Å². The maximum atomic E-state index is 13.9. The number of hydrogen-bond acceptors (Lipinski definition) is 6. The maximum Gasteiger partial charge on any atom is 0.341 e.